The van der Waals surface area contributed by atoms with Gasteiger partial charge in [0.2, 0.25) is 0 Å². The summed E-state index contributed by atoms with van der Waals surface area (Å²) in [5, 5.41) is 12.0. The maximum Gasteiger partial charge on any atom is 0.407 e. The zero-order valence-electron chi connectivity index (χ0n) is 13.7. The van der Waals surface area contributed by atoms with E-state index in [4.69, 9.17) is 9.84 Å². The lowest BCUT2D eigenvalue weighted by Gasteiger charge is -2.38. The van der Waals surface area contributed by atoms with E-state index in [1.165, 1.54) is 0 Å². The minimum atomic E-state index is -0.712. The van der Waals surface area contributed by atoms with Crippen molar-refractivity contribution in [3.63, 3.8) is 0 Å². The molecule has 1 aromatic rings. The van der Waals surface area contributed by atoms with E-state index in [1.807, 2.05) is 44.2 Å². The van der Waals surface area contributed by atoms with Crippen molar-refractivity contribution < 1.29 is 19.4 Å². The normalized spacial score (nSPS) is 21.5. The fourth-order valence-corrected chi connectivity index (χ4v) is 3.19. The molecule has 1 aromatic carbocycles. The molecule has 0 aliphatic heterocycles. The number of carbonyl (C=O) groups is 2. The lowest BCUT2D eigenvalue weighted by Crippen LogP contribution is -2.50. The largest absolute Gasteiger partial charge is 0.481 e. The Hall–Kier alpha value is -2.04. The van der Waals surface area contributed by atoms with Crippen LogP contribution in [0.5, 0.6) is 0 Å². The molecule has 5 heteroatoms. The lowest BCUT2D eigenvalue weighted by molar-refractivity contribution is -0.143. The van der Waals surface area contributed by atoms with Gasteiger partial charge in [0.05, 0.1) is 5.92 Å². The first-order chi connectivity index (χ1) is 10.9. The van der Waals surface area contributed by atoms with E-state index in [1.54, 1.807) is 0 Å². The Labute approximate surface area is 137 Å². The van der Waals surface area contributed by atoms with Gasteiger partial charge in [-0.2, -0.15) is 0 Å². The highest BCUT2D eigenvalue weighted by molar-refractivity contribution is 5.70. The van der Waals surface area contributed by atoms with Gasteiger partial charge in [-0.15, -0.1) is 0 Å². The molecule has 0 bridgehead atoms. The van der Waals surface area contributed by atoms with Crippen LogP contribution in [-0.4, -0.2) is 22.7 Å². The number of carboxylic acid groups (broad SMARTS) is 1. The second kappa shape index (κ2) is 7.49. The molecule has 1 fully saturated rings. The van der Waals surface area contributed by atoms with Crippen molar-refractivity contribution in [2.75, 3.05) is 0 Å². The van der Waals surface area contributed by atoms with Gasteiger partial charge in [0, 0.05) is 5.54 Å². The summed E-state index contributed by atoms with van der Waals surface area (Å²) in [5.41, 5.74) is 0.541. The van der Waals surface area contributed by atoms with Crippen molar-refractivity contribution in [3.8, 4) is 0 Å². The quantitative estimate of drug-likeness (QED) is 0.869. The summed E-state index contributed by atoms with van der Waals surface area (Å²) in [5.74, 6) is -0.689. The number of ether oxygens (including phenoxy) is 1. The van der Waals surface area contributed by atoms with Crippen molar-refractivity contribution in [1.29, 1.82) is 0 Å². The van der Waals surface area contributed by atoms with Crippen molar-refractivity contribution in [2.24, 2.45) is 11.8 Å². The zero-order valence-corrected chi connectivity index (χ0v) is 13.7. The van der Waals surface area contributed by atoms with Crippen LogP contribution in [0.15, 0.2) is 30.3 Å². The van der Waals surface area contributed by atoms with Gasteiger partial charge in [-0.1, -0.05) is 30.3 Å². The maximum atomic E-state index is 12.0. The topological polar surface area (TPSA) is 75.6 Å². The van der Waals surface area contributed by atoms with Crippen LogP contribution in [0.3, 0.4) is 0 Å². The van der Waals surface area contributed by atoms with Crippen molar-refractivity contribution >= 4 is 12.1 Å². The summed E-state index contributed by atoms with van der Waals surface area (Å²) in [6, 6.07) is 9.54. The molecule has 0 atom stereocenters. The van der Waals surface area contributed by atoms with Crippen LogP contribution >= 0.6 is 0 Å². The molecule has 0 aromatic heterocycles. The predicted molar refractivity (Wildman–Crippen MR) is 86.9 cm³/mol. The van der Waals surface area contributed by atoms with Gasteiger partial charge in [-0.25, -0.2) is 4.79 Å². The fourth-order valence-electron chi connectivity index (χ4n) is 3.19. The molecule has 0 radical (unpaired) electrons. The van der Waals surface area contributed by atoms with Crippen LogP contribution in [0.2, 0.25) is 0 Å². The Balaban J connectivity index is 1.81. The first-order valence-corrected chi connectivity index (χ1v) is 8.10. The molecule has 0 heterocycles. The minimum absolute atomic E-state index is 0.243. The molecule has 5 nitrogen and oxygen atoms in total. The molecule has 0 spiro atoms. The van der Waals surface area contributed by atoms with Crippen LogP contribution in [0.1, 0.15) is 45.1 Å². The molecule has 1 aliphatic carbocycles. The summed E-state index contributed by atoms with van der Waals surface area (Å²) in [6.45, 7) is 4.19. The highest BCUT2D eigenvalue weighted by atomic mass is 16.5. The molecule has 1 amide bonds. The van der Waals surface area contributed by atoms with Gasteiger partial charge in [0.15, 0.2) is 0 Å². The molecule has 1 aliphatic rings. The van der Waals surface area contributed by atoms with E-state index >= 15 is 0 Å². The molecule has 2 N–H and O–H groups in total. The molecule has 1 saturated carbocycles. The van der Waals surface area contributed by atoms with Crippen molar-refractivity contribution in [3.05, 3.63) is 35.9 Å². The van der Waals surface area contributed by atoms with E-state index < -0.39 is 17.6 Å². The molecule has 0 unspecified atom stereocenters. The summed E-state index contributed by atoms with van der Waals surface area (Å²) >= 11 is 0. The number of alkyl carbamates (subject to hydrolysis) is 1. The number of amides is 1. The number of nitrogens with one attached hydrogen (secondary N) is 1. The average Bonchev–Trinajstić information content (AvgIpc) is 2.53. The van der Waals surface area contributed by atoms with E-state index in [0.717, 1.165) is 18.4 Å². The first-order valence-electron chi connectivity index (χ1n) is 8.10. The number of hydrogen-bond acceptors (Lipinski definition) is 3. The fraction of sp³-hybridized carbons (Fsp3) is 0.556. The monoisotopic (exact) mass is 319 g/mol. The van der Waals surface area contributed by atoms with Crippen LogP contribution in [-0.2, 0) is 16.1 Å². The van der Waals surface area contributed by atoms with Crippen LogP contribution < -0.4 is 5.32 Å². The van der Waals surface area contributed by atoms with Gasteiger partial charge in [0.1, 0.15) is 6.61 Å². The Kier molecular flexibility index (Phi) is 5.64. The van der Waals surface area contributed by atoms with Gasteiger partial charge in [-0.3, -0.25) is 4.79 Å². The average molecular weight is 319 g/mol. The van der Waals surface area contributed by atoms with Crippen LogP contribution in [0.25, 0.3) is 0 Å². The second-order valence-corrected chi connectivity index (χ2v) is 6.80. The van der Waals surface area contributed by atoms with Crippen molar-refractivity contribution in [2.45, 2.75) is 51.7 Å². The number of benzene rings is 1. The van der Waals surface area contributed by atoms with Gasteiger partial charge >= 0.3 is 12.1 Å². The predicted octanol–water partition coefficient (Wildman–Crippen LogP) is 3.58. The summed E-state index contributed by atoms with van der Waals surface area (Å²) in [6.07, 6.45) is 2.53. The standard InChI is InChI=1S/C18H25NO4/c1-18(2,15-10-8-14(9-11-15)16(20)21)19-17(22)23-12-13-6-4-3-5-7-13/h3-7,14-15H,8-12H2,1-2H3,(H,19,22)(H,20,21). The number of carbonyl (C=O) groups excluding carboxylic acids is 1. The third kappa shape index (κ3) is 4.98. The Bertz CT molecular complexity index is 533. The molecule has 126 valence electrons. The van der Waals surface area contributed by atoms with E-state index in [9.17, 15) is 9.59 Å². The van der Waals surface area contributed by atoms with E-state index in [0.29, 0.717) is 12.8 Å². The second-order valence-electron chi connectivity index (χ2n) is 6.80. The summed E-state index contributed by atoms with van der Waals surface area (Å²) in [7, 11) is 0. The van der Waals surface area contributed by atoms with Crippen LogP contribution in [0.4, 0.5) is 4.79 Å². The Morgan fingerprint density at radius 1 is 1.17 bits per heavy atom. The van der Waals surface area contributed by atoms with Crippen molar-refractivity contribution in [1.82, 2.24) is 5.32 Å². The minimum Gasteiger partial charge on any atom is -0.481 e. The third-order valence-corrected chi connectivity index (χ3v) is 4.73. The molecule has 0 saturated heterocycles. The first kappa shape index (κ1) is 17.3. The molecule has 23 heavy (non-hydrogen) atoms. The summed E-state index contributed by atoms with van der Waals surface area (Å²) < 4.78 is 5.27. The number of aliphatic carboxylic acids is 1. The third-order valence-electron chi connectivity index (χ3n) is 4.73. The molecular formula is C18H25NO4. The number of hydrogen-bond donors (Lipinski definition) is 2. The Morgan fingerprint density at radius 2 is 1.78 bits per heavy atom. The molecule has 2 rings (SSSR count). The lowest BCUT2D eigenvalue weighted by atomic mass is 9.73. The zero-order chi connectivity index (χ0) is 16.9. The summed E-state index contributed by atoms with van der Waals surface area (Å²) in [4.78, 5) is 23.0. The number of rotatable bonds is 5. The highest BCUT2D eigenvalue weighted by Gasteiger charge is 2.36. The molecular weight excluding hydrogens is 294 g/mol. The van der Waals surface area contributed by atoms with Gasteiger partial charge in [-0.05, 0) is 51.0 Å². The van der Waals surface area contributed by atoms with E-state index in [-0.39, 0.29) is 18.4 Å². The Morgan fingerprint density at radius 3 is 2.35 bits per heavy atom. The number of carboxylic acids is 1. The smallest absolute Gasteiger partial charge is 0.407 e. The SMILES string of the molecule is CC(C)(NC(=O)OCc1ccccc1)C1CCC(C(=O)O)CC1. The van der Waals surface area contributed by atoms with Gasteiger partial charge in [0.25, 0.3) is 0 Å². The van der Waals surface area contributed by atoms with E-state index in [2.05, 4.69) is 5.32 Å². The highest BCUT2D eigenvalue weighted by Crippen LogP contribution is 2.35. The van der Waals surface area contributed by atoms with Crippen LogP contribution in [0, 0.1) is 11.8 Å². The van der Waals surface area contributed by atoms with Gasteiger partial charge < -0.3 is 15.2 Å². The maximum absolute atomic E-state index is 12.0.